The summed E-state index contributed by atoms with van der Waals surface area (Å²) < 4.78 is 0.252. The maximum Gasteiger partial charge on any atom is 0.0431 e. The lowest BCUT2D eigenvalue weighted by atomic mass is 10.1. The van der Waals surface area contributed by atoms with Gasteiger partial charge in [0, 0.05) is 10.9 Å². The van der Waals surface area contributed by atoms with Crippen molar-refractivity contribution >= 4 is 15.9 Å². The number of unbranched alkanes of at least 4 members (excludes halogenated alkanes) is 1. The molecule has 0 heterocycles. The first-order chi connectivity index (χ1) is 4.06. The molecule has 0 radical (unpaired) electrons. The number of aliphatic hydroxyl groups excluding tert-OH is 1. The van der Waals surface area contributed by atoms with Gasteiger partial charge in [-0.3, -0.25) is 0 Å². The van der Waals surface area contributed by atoms with Gasteiger partial charge in [-0.25, -0.2) is 0 Å². The molecule has 0 spiro atoms. The molecule has 9 heavy (non-hydrogen) atoms. The van der Waals surface area contributed by atoms with Crippen molar-refractivity contribution in [3.8, 4) is 0 Å². The molecule has 0 amide bonds. The third-order valence-corrected chi connectivity index (χ3v) is 1.58. The molecule has 0 atom stereocenters. The summed E-state index contributed by atoms with van der Waals surface area (Å²) in [5, 5.41) is 8.45. The Morgan fingerprint density at radius 1 is 1.33 bits per heavy atom. The molecule has 0 saturated heterocycles. The van der Waals surface area contributed by atoms with Gasteiger partial charge in [-0.15, -0.1) is 0 Å². The molecule has 0 aliphatic heterocycles. The van der Waals surface area contributed by atoms with E-state index in [0.29, 0.717) is 6.61 Å². The van der Waals surface area contributed by atoms with Gasteiger partial charge in [0.05, 0.1) is 0 Å². The minimum atomic E-state index is 0.252. The summed E-state index contributed by atoms with van der Waals surface area (Å²) in [4.78, 5) is 0. The highest BCUT2D eigenvalue weighted by molar-refractivity contribution is 9.10. The van der Waals surface area contributed by atoms with E-state index in [1.807, 2.05) is 0 Å². The van der Waals surface area contributed by atoms with E-state index >= 15 is 0 Å². The Labute approximate surface area is 65.6 Å². The molecule has 0 bridgehead atoms. The topological polar surface area (TPSA) is 20.2 Å². The second-order valence-corrected chi connectivity index (χ2v) is 5.05. The van der Waals surface area contributed by atoms with Crippen LogP contribution in [0.15, 0.2) is 0 Å². The normalized spacial score (nSPS) is 12.0. The monoisotopic (exact) mass is 194 g/mol. The van der Waals surface area contributed by atoms with E-state index in [0.717, 1.165) is 19.3 Å². The maximum atomic E-state index is 8.45. The van der Waals surface area contributed by atoms with Crippen molar-refractivity contribution in [2.45, 2.75) is 37.4 Å². The molecule has 0 aliphatic rings. The van der Waals surface area contributed by atoms with Crippen molar-refractivity contribution in [2.24, 2.45) is 0 Å². The largest absolute Gasteiger partial charge is 0.396 e. The molecule has 1 nitrogen and oxygen atoms in total. The van der Waals surface area contributed by atoms with Crippen LogP contribution in [0.5, 0.6) is 0 Å². The fourth-order valence-electron chi connectivity index (χ4n) is 0.657. The van der Waals surface area contributed by atoms with Gasteiger partial charge in [0.15, 0.2) is 0 Å². The van der Waals surface area contributed by atoms with Crippen molar-refractivity contribution in [3.05, 3.63) is 0 Å². The summed E-state index contributed by atoms with van der Waals surface area (Å²) in [6.07, 6.45) is 3.16. The molecule has 56 valence electrons. The van der Waals surface area contributed by atoms with Crippen LogP contribution in [0.25, 0.3) is 0 Å². The quantitative estimate of drug-likeness (QED) is 0.539. The Hall–Kier alpha value is 0.440. The zero-order valence-corrected chi connectivity index (χ0v) is 7.74. The minimum absolute atomic E-state index is 0.252. The number of hydrogen-bond donors (Lipinski definition) is 1. The van der Waals surface area contributed by atoms with Gasteiger partial charge < -0.3 is 5.11 Å². The van der Waals surface area contributed by atoms with Crippen molar-refractivity contribution in [3.63, 3.8) is 0 Å². The first kappa shape index (κ1) is 9.44. The predicted octanol–water partition coefficient (Wildman–Crippen LogP) is 2.32. The second kappa shape index (κ2) is 4.29. The predicted molar refractivity (Wildman–Crippen MR) is 43.9 cm³/mol. The standard InChI is InChI=1S/C7H15BrO/c1-7(2,8)5-3-4-6-9/h9H,3-6H2,1-2H3. The maximum absolute atomic E-state index is 8.45. The van der Waals surface area contributed by atoms with Crippen LogP contribution in [0.1, 0.15) is 33.1 Å². The van der Waals surface area contributed by atoms with Crippen LogP contribution in [0, 0.1) is 0 Å². The lowest BCUT2D eigenvalue weighted by Gasteiger charge is -2.14. The lowest BCUT2D eigenvalue weighted by Crippen LogP contribution is -2.08. The third-order valence-electron chi connectivity index (χ3n) is 1.18. The molecule has 0 unspecified atom stereocenters. The van der Waals surface area contributed by atoms with Crippen LogP contribution in [-0.4, -0.2) is 16.0 Å². The summed E-state index contributed by atoms with van der Waals surface area (Å²) in [6.45, 7) is 4.61. The molecule has 1 N–H and O–H groups in total. The van der Waals surface area contributed by atoms with E-state index in [-0.39, 0.29) is 4.32 Å². The van der Waals surface area contributed by atoms with Gasteiger partial charge in [-0.2, -0.15) is 0 Å². The van der Waals surface area contributed by atoms with Crippen LogP contribution < -0.4 is 0 Å². The SMILES string of the molecule is CC(C)(Br)CCCCO. The Balaban J connectivity index is 3.07. The molecule has 2 heteroatoms. The minimum Gasteiger partial charge on any atom is -0.396 e. The van der Waals surface area contributed by atoms with E-state index in [1.165, 1.54) is 0 Å². The number of rotatable bonds is 4. The Morgan fingerprint density at radius 2 is 1.89 bits per heavy atom. The van der Waals surface area contributed by atoms with Crippen LogP contribution >= 0.6 is 15.9 Å². The first-order valence-corrected chi connectivity index (χ1v) is 4.15. The van der Waals surface area contributed by atoms with Crippen molar-refractivity contribution in [2.75, 3.05) is 6.61 Å². The zero-order chi connectivity index (χ0) is 7.33. The number of hydrogen-bond acceptors (Lipinski definition) is 1. The molecular formula is C7H15BrO. The van der Waals surface area contributed by atoms with Gasteiger partial charge in [0.2, 0.25) is 0 Å². The van der Waals surface area contributed by atoms with Gasteiger partial charge in [-0.1, -0.05) is 29.8 Å². The first-order valence-electron chi connectivity index (χ1n) is 3.36. The Morgan fingerprint density at radius 3 is 2.22 bits per heavy atom. The molecule has 0 aliphatic carbocycles. The summed E-state index contributed by atoms with van der Waals surface area (Å²) in [5.74, 6) is 0. The molecule has 0 aromatic heterocycles. The van der Waals surface area contributed by atoms with Gasteiger partial charge in [0.1, 0.15) is 0 Å². The van der Waals surface area contributed by atoms with Gasteiger partial charge in [-0.05, 0) is 19.3 Å². The van der Waals surface area contributed by atoms with E-state index in [1.54, 1.807) is 0 Å². The van der Waals surface area contributed by atoms with Crippen LogP contribution in [-0.2, 0) is 0 Å². The summed E-state index contributed by atoms with van der Waals surface area (Å²) >= 11 is 3.53. The highest BCUT2D eigenvalue weighted by Gasteiger charge is 2.10. The van der Waals surface area contributed by atoms with E-state index in [2.05, 4.69) is 29.8 Å². The number of aliphatic hydroxyl groups is 1. The highest BCUT2D eigenvalue weighted by atomic mass is 79.9. The molecule has 0 aromatic carbocycles. The average molecular weight is 195 g/mol. The van der Waals surface area contributed by atoms with E-state index in [4.69, 9.17) is 5.11 Å². The fraction of sp³-hybridized carbons (Fsp3) is 1.00. The molecule has 0 saturated carbocycles. The van der Waals surface area contributed by atoms with Crippen molar-refractivity contribution in [1.29, 1.82) is 0 Å². The summed E-state index contributed by atoms with van der Waals surface area (Å²) in [6, 6.07) is 0. The second-order valence-electron chi connectivity index (χ2n) is 2.90. The Kier molecular flexibility index (Phi) is 4.50. The van der Waals surface area contributed by atoms with E-state index in [9.17, 15) is 0 Å². The molecule has 0 fully saturated rings. The number of halogens is 1. The van der Waals surface area contributed by atoms with Crippen LogP contribution in [0.3, 0.4) is 0 Å². The molecular weight excluding hydrogens is 180 g/mol. The van der Waals surface area contributed by atoms with Crippen molar-refractivity contribution in [1.82, 2.24) is 0 Å². The summed E-state index contributed by atoms with van der Waals surface area (Å²) in [7, 11) is 0. The van der Waals surface area contributed by atoms with E-state index < -0.39 is 0 Å². The number of alkyl halides is 1. The molecule has 0 aromatic rings. The fourth-order valence-corrected chi connectivity index (χ4v) is 0.938. The van der Waals surface area contributed by atoms with Gasteiger partial charge >= 0.3 is 0 Å². The van der Waals surface area contributed by atoms with Crippen molar-refractivity contribution < 1.29 is 5.11 Å². The average Bonchev–Trinajstić information content (AvgIpc) is 1.63. The van der Waals surface area contributed by atoms with Gasteiger partial charge in [0.25, 0.3) is 0 Å². The third kappa shape index (κ3) is 8.44. The smallest absolute Gasteiger partial charge is 0.0431 e. The Bertz CT molecular complexity index is 65.8. The van der Waals surface area contributed by atoms with Crippen LogP contribution in [0.2, 0.25) is 0 Å². The molecule has 0 rings (SSSR count). The highest BCUT2D eigenvalue weighted by Crippen LogP contribution is 2.22. The summed E-state index contributed by atoms with van der Waals surface area (Å²) in [5.41, 5.74) is 0. The lowest BCUT2D eigenvalue weighted by molar-refractivity contribution is 0.281. The van der Waals surface area contributed by atoms with Crippen LogP contribution in [0.4, 0.5) is 0 Å². The zero-order valence-electron chi connectivity index (χ0n) is 6.15.